The van der Waals surface area contributed by atoms with Gasteiger partial charge in [-0.3, -0.25) is 9.69 Å². The predicted octanol–water partition coefficient (Wildman–Crippen LogP) is 1.22. The van der Waals surface area contributed by atoms with Gasteiger partial charge in [0.05, 0.1) is 7.11 Å². The number of fused-ring (bicyclic) bond motifs is 1. The molecule has 1 fully saturated rings. The lowest BCUT2D eigenvalue weighted by molar-refractivity contribution is -0.133. The van der Waals surface area contributed by atoms with Gasteiger partial charge in [0.25, 0.3) is 0 Å². The fourth-order valence-corrected chi connectivity index (χ4v) is 3.48. The normalized spacial score (nSPS) is 19.5. The quantitative estimate of drug-likeness (QED) is 0.836. The minimum atomic E-state index is 0.300. The van der Waals surface area contributed by atoms with Gasteiger partial charge < -0.3 is 14.5 Å². The van der Waals surface area contributed by atoms with E-state index in [2.05, 4.69) is 29.0 Å². The van der Waals surface area contributed by atoms with E-state index in [1.54, 1.807) is 7.11 Å². The summed E-state index contributed by atoms with van der Waals surface area (Å²) in [6, 6.07) is 6.26. The topological polar surface area (TPSA) is 36.0 Å². The fraction of sp³-hybridized carbons (Fsp3) is 0.611. The number of hydrogen-bond acceptors (Lipinski definition) is 4. The van der Waals surface area contributed by atoms with Crippen molar-refractivity contribution in [2.75, 3.05) is 53.4 Å². The molecule has 0 saturated carbocycles. The van der Waals surface area contributed by atoms with E-state index in [0.29, 0.717) is 12.3 Å². The molecule has 0 radical (unpaired) electrons. The van der Waals surface area contributed by atoms with E-state index >= 15 is 0 Å². The first-order chi connectivity index (χ1) is 11.2. The van der Waals surface area contributed by atoms with Crippen LogP contribution in [0.15, 0.2) is 18.2 Å². The average molecular weight is 317 g/mol. The first-order valence-electron chi connectivity index (χ1n) is 8.51. The Morgan fingerprint density at radius 3 is 2.70 bits per heavy atom. The third kappa shape index (κ3) is 3.85. The van der Waals surface area contributed by atoms with Gasteiger partial charge in [-0.05, 0) is 30.7 Å². The highest BCUT2D eigenvalue weighted by molar-refractivity contribution is 5.76. The van der Waals surface area contributed by atoms with Gasteiger partial charge in [0.1, 0.15) is 5.75 Å². The number of nitrogens with zero attached hydrogens (tertiary/aromatic N) is 3. The first kappa shape index (κ1) is 16.3. The molecule has 2 aliphatic rings. The average Bonchev–Trinajstić information content (AvgIpc) is 2.59. The summed E-state index contributed by atoms with van der Waals surface area (Å²) >= 11 is 0. The van der Waals surface area contributed by atoms with Gasteiger partial charge in [0.15, 0.2) is 0 Å². The van der Waals surface area contributed by atoms with Crippen molar-refractivity contribution in [3.05, 3.63) is 29.3 Å². The lowest BCUT2D eigenvalue weighted by Crippen LogP contribution is -2.47. The Balaban J connectivity index is 1.51. The maximum atomic E-state index is 12.4. The molecule has 0 spiro atoms. The Labute approximate surface area is 138 Å². The Morgan fingerprint density at radius 2 is 1.96 bits per heavy atom. The van der Waals surface area contributed by atoms with Crippen LogP contribution in [0.3, 0.4) is 0 Å². The first-order valence-corrected chi connectivity index (χ1v) is 8.51. The summed E-state index contributed by atoms with van der Waals surface area (Å²) in [6.07, 6.45) is 1.63. The molecule has 1 aromatic rings. The Kier molecular flexibility index (Phi) is 5.18. The van der Waals surface area contributed by atoms with Gasteiger partial charge in [0, 0.05) is 52.2 Å². The number of amides is 1. The second-order valence-corrected chi connectivity index (χ2v) is 6.56. The van der Waals surface area contributed by atoms with Crippen molar-refractivity contribution in [2.45, 2.75) is 19.4 Å². The van der Waals surface area contributed by atoms with Crippen molar-refractivity contribution in [3.8, 4) is 5.75 Å². The van der Waals surface area contributed by atoms with Crippen molar-refractivity contribution < 1.29 is 9.53 Å². The van der Waals surface area contributed by atoms with Crippen LogP contribution in [0, 0.1) is 0 Å². The molecule has 3 rings (SSSR count). The van der Waals surface area contributed by atoms with E-state index in [4.69, 9.17) is 4.74 Å². The second kappa shape index (κ2) is 7.32. The lowest BCUT2D eigenvalue weighted by atomic mass is 9.98. The summed E-state index contributed by atoms with van der Waals surface area (Å²) in [5.41, 5.74) is 2.67. The number of methoxy groups -OCH3 is 1. The smallest absolute Gasteiger partial charge is 0.223 e. The highest BCUT2D eigenvalue weighted by atomic mass is 16.5. The number of carbonyl (C=O) groups excluding carboxylic acids is 1. The third-order valence-corrected chi connectivity index (χ3v) is 5.02. The molecule has 2 heterocycles. The molecular weight excluding hydrogens is 290 g/mol. The molecular formula is C18H27N3O2. The van der Waals surface area contributed by atoms with Gasteiger partial charge in [-0.15, -0.1) is 0 Å². The summed E-state index contributed by atoms with van der Waals surface area (Å²) in [6.45, 7) is 6.49. The van der Waals surface area contributed by atoms with Gasteiger partial charge in [-0.2, -0.15) is 0 Å². The van der Waals surface area contributed by atoms with Crippen LogP contribution in [-0.2, 0) is 17.8 Å². The zero-order valence-electron chi connectivity index (χ0n) is 14.3. The monoisotopic (exact) mass is 317 g/mol. The van der Waals surface area contributed by atoms with Crippen molar-refractivity contribution in [1.82, 2.24) is 14.7 Å². The number of ether oxygens (including phenoxy) is 1. The van der Waals surface area contributed by atoms with Gasteiger partial charge in [0.2, 0.25) is 5.91 Å². The Bertz CT molecular complexity index is 553. The molecule has 2 aliphatic heterocycles. The molecule has 0 atom stereocenters. The van der Waals surface area contributed by atoms with E-state index in [1.165, 1.54) is 11.1 Å². The standard InChI is InChI=1S/C18H27N3O2/c1-19-10-12-21(13-11-19)18(22)7-9-20-8-6-16-15(14-20)4-3-5-17(16)23-2/h3-5H,6-14H2,1-2H3. The maximum absolute atomic E-state index is 12.4. The summed E-state index contributed by atoms with van der Waals surface area (Å²) in [5.74, 6) is 1.30. The van der Waals surface area contributed by atoms with Crippen LogP contribution < -0.4 is 4.74 Å². The summed E-state index contributed by atoms with van der Waals surface area (Å²) in [7, 11) is 3.85. The van der Waals surface area contributed by atoms with Crippen molar-refractivity contribution >= 4 is 5.91 Å². The van der Waals surface area contributed by atoms with E-state index in [1.807, 2.05) is 11.0 Å². The number of likely N-dealkylation sites (N-methyl/N-ethyl adjacent to an activating group) is 1. The molecule has 0 bridgehead atoms. The van der Waals surface area contributed by atoms with Crippen LogP contribution >= 0.6 is 0 Å². The van der Waals surface area contributed by atoms with Gasteiger partial charge in [-0.25, -0.2) is 0 Å². The number of carbonyl (C=O) groups is 1. The van der Waals surface area contributed by atoms with Crippen LogP contribution in [0.25, 0.3) is 0 Å². The molecule has 5 nitrogen and oxygen atoms in total. The Morgan fingerprint density at radius 1 is 1.17 bits per heavy atom. The molecule has 0 aromatic heterocycles. The molecule has 0 aliphatic carbocycles. The van der Waals surface area contributed by atoms with Crippen LogP contribution in [0.5, 0.6) is 5.75 Å². The van der Waals surface area contributed by atoms with Crippen LogP contribution in [-0.4, -0.2) is 74.0 Å². The summed E-state index contributed by atoms with van der Waals surface area (Å²) in [4.78, 5) is 19.0. The highest BCUT2D eigenvalue weighted by Gasteiger charge is 2.22. The lowest BCUT2D eigenvalue weighted by Gasteiger charge is -2.34. The molecule has 1 amide bonds. The van der Waals surface area contributed by atoms with Gasteiger partial charge >= 0.3 is 0 Å². The molecule has 1 saturated heterocycles. The zero-order valence-corrected chi connectivity index (χ0v) is 14.3. The van der Waals surface area contributed by atoms with Crippen LogP contribution in [0.4, 0.5) is 0 Å². The van der Waals surface area contributed by atoms with Crippen molar-refractivity contribution in [3.63, 3.8) is 0 Å². The van der Waals surface area contributed by atoms with Crippen molar-refractivity contribution in [1.29, 1.82) is 0 Å². The zero-order chi connectivity index (χ0) is 16.2. The highest BCUT2D eigenvalue weighted by Crippen LogP contribution is 2.27. The number of hydrogen-bond donors (Lipinski definition) is 0. The van der Waals surface area contributed by atoms with Crippen molar-refractivity contribution in [2.24, 2.45) is 0 Å². The van der Waals surface area contributed by atoms with E-state index in [-0.39, 0.29) is 0 Å². The third-order valence-electron chi connectivity index (χ3n) is 5.02. The minimum absolute atomic E-state index is 0.300. The second-order valence-electron chi connectivity index (χ2n) is 6.56. The van der Waals surface area contributed by atoms with Gasteiger partial charge in [-0.1, -0.05) is 12.1 Å². The van der Waals surface area contributed by atoms with Crippen LogP contribution in [0.1, 0.15) is 17.5 Å². The van der Waals surface area contributed by atoms with E-state index in [0.717, 1.165) is 58.0 Å². The molecule has 126 valence electrons. The minimum Gasteiger partial charge on any atom is -0.496 e. The van der Waals surface area contributed by atoms with Crippen LogP contribution in [0.2, 0.25) is 0 Å². The maximum Gasteiger partial charge on any atom is 0.223 e. The molecule has 0 N–H and O–H groups in total. The van der Waals surface area contributed by atoms with E-state index < -0.39 is 0 Å². The number of piperazine rings is 1. The number of benzene rings is 1. The summed E-state index contributed by atoms with van der Waals surface area (Å²) in [5, 5.41) is 0. The Hall–Kier alpha value is -1.59. The molecule has 5 heteroatoms. The molecule has 1 aromatic carbocycles. The SMILES string of the molecule is COc1cccc2c1CCN(CCC(=O)N1CCN(C)CC1)C2. The largest absolute Gasteiger partial charge is 0.496 e. The number of rotatable bonds is 4. The fourth-order valence-electron chi connectivity index (χ4n) is 3.48. The summed E-state index contributed by atoms with van der Waals surface area (Å²) < 4.78 is 5.45. The predicted molar refractivity (Wildman–Crippen MR) is 90.7 cm³/mol. The molecule has 23 heavy (non-hydrogen) atoms. The molecule has 0 unspecified atom stereocenters. The van der Waals surface area contributed by atoms with E-state index in [9.17, 15) is 4.79 Å².